The second-order valence-electron chi connectivity index (χ2n) is 2.83. The van der Waals surface area contributed by atoms with Crippen molar-refractivity contribution in [1.82, 2.24) is 0 Å². The van der Waals surface area contributed by atoms with Gasteiger partial charge in [-0.2, -0.15) is 0 Å². The molecule has 74 valence electrons. The maximum Gasteiger partial charge on any atom is 0.247 e. The molecule has 0 saturated heterocycles. The van der Waals surface area contributed by atoms with Crippen LogP contribution in [0.1, 0.15) is 5.56 Å². The Morgan fingerprint density at radius 2 is 2.43 bits per heavy atom. The fraction of sp³-hybridized carbons (Fsp3) is 0.182. The number of rotatable bonds is 4. The molecule has 0 aromatic heterocycles. The lowest BCUT2D eigenvalue weighted by atomic mass is 10.2. The Bertz CT molecular complexity index is 334. The molecular weight excluding hydrogens is 178 g/mol. The van der Waals surface area contributed by atoms with Crippen LogP contribution in [-0.2, 0) is 16.1 Å². The van der Waals surface area contributed by atoms with Crippen LogP contribution >= 0.6 is 0 Å². The molecule has 0 unspecified atom stereocenters. The predicted molar refractivity (Wildman–Crippen MR) is 56.0 cm³/mol. The van der Waals surface area contributed by atoms with Gasteiger partial charge in [-0.3, -0.25) is 4.79 Å². The summed E-state index contributed by atoms with van der Waals surface area (Å²) in [7, 11) is 1.63. The molecule has 0 aliphatic carbocycles. The summed E-state index contributed by atoms with van der Waals surface area (Å²) in [6, 6.07) is 7.49. The van der Waals surface area contributed by atoms with E-state index in [2.05, 4.69) is 11.9 Å². The Labute approximate surface area is 83.4 Å². The molecule has 1 aromatic carbocycles. The number of anilines is 1. The van der Waals surface area contributed by atoms with E-state index < -0.39 is 0 Å². The number of nitrogens with one attached hydrogen (secondary N) is 1. The molecule has 1 aromatic rings. The first kappa shape index (κ1) is 10.5. The zero-order valence-corrected chi connectivity index (χ0v) is 8.12. The van der Waals surface area contributed by atoms with Gasteiger partial charge in [0.25, 0.3) is 0 Å². The van der Waals surface area contributed by atoms with Crippen molar-refractivity contribution in [2.24, 2.45) is 0 Å². The second kappa shape index (κ2) is 5.19. The van der Waals surface area contributed by atoms with Crippen LogP contribution in [-0.4, -0.2) is 13.0 Å². The standard InChI is InChI=1S/C11H13NO2/c1-3-11(13)12-10-6-4-5-9(7-10)8-14-2/h3-7H,1,8H2,2H3,(H,12,13). The molecule has 0 saturated carbocycles. The van der Waals surface area contributed by atoms with Crippen molar-refractivity contribution in [3.63, 3.8) is 0 Å². The normalized spacial score (nSPS) is 9.50. The summed E-state index contributed by atoms with van der Waals surface area (Å²) in [5.74, 6) is -0.209. The summed E-state index contributed by atoms with van der Waals surface area (Å²) in [6.07, 6.45) is 1.24. The highest BCUT2D eigenvalue weighted by molar-refractivity contribution is 5.98. The first-order valence-electron chi connectivity index (χ1n) is 4.27. The lowest BCUT2D eigenvalue weighted by molar-refractivity contribution is -0.111. The average Bonchev–Trinajstić information content (AvgIpc) is 2.19. The van der Waals surface area contributed by atoms with Crippen molar-refractivity contribution >= 4 is 11.6 Å². The third kappa shape index (κ3) is 3.03. The van der Waals surface area contributed by atoms with Crippen LogP contribution in [0.3, 0.4) is 0 Å². The van der Waals surface area contributed by atoms with Gasteiger partial charge >= 0.3 is 0 Å². The van der Waals surface area contributed by atoms with Crippen molar-refractivity contribution in [3.05, 3.63) is 42.5 Å². The molecule has 0 fully saturated rings. The highest BCUT2D eigenvalue weighted by Crippen LogP contribution is 2.11. The van der Waals surface area contributed by atoms with Crippen LogP contribution in [0.2, 0.25) is 0 Å². The van der Waals surface area contributed by atoms with Crippen LogP contribution in [0.5, 0.6) is 0 Å². The van der Waals surface area contributed by atoms with Gasteiger partial charge < -0.3 is 10.1 Å². The molecule has 0 bridgehead atoms. The Morgan fingerprint density at radius 1 is 1.64 bits per heavy atom. The van der Waals surface area contributed by atoms with E-state index in [0.717, 1.165) is 11.3 Å². The average molecular weight is 191 g/mol. The molecule has 1 amide bonds. The summed E-state index contributed by atoms with van der Waals surface area (Å²) in [4.78, 5) is 11.0. The molecule has 0 atom stereocenters. The van der Waals surface area contributed by atoms with E-state index in [-0.39, 0.29) is 5.91 Å². The molecule has 0 radical (unpaired) electrons. The molecule has 3 heteroatoms. The molecule has 3 nitrogen and oxygen atoms in total. The number of carbonyl (C=O) groups is 1. The Kier molecular flexibility index (Phi) is 3.88. The monoisotopic (exact) mass is 191 g/mol. The number of amides is 1. The lowest BCUT2D eigenvalue weighted by Gasteiger charge is -2.04. The summed E-state index contributed by atoms with van der Waals surface area (Å²) < 4.78 is 4.98. The SMILES string of the molecule is C=CC(=O)Nc1cccc(COC)c1. The number of ether oxygens (including phenoxy) is 1. The van der Waals surface area contributed by atoms with E-state index in [0.29, 0.717) is 6.61 Å². The van der Waals surface area contributed by atoms with E-state index in [9.17, 15) is 4.79 Å². The number of benzene rings is 1. The third-order valence-corrected chi connectivity index (χ3v) is 1.69. The highest BCUT2D eigenvalue weighted by Gasteiger charge is 1.97. The molecule has 0 aliphatic heterocycles. The summed E-state index contributed by atoms with van der Waals surface area (Å²) in [5.41, 5.74) is 1.78. The molecule has 0 aliphatic rings. The highest BCUT2D eigenvalue weighted by atomic mass is 16.5. The zero-order valence-electron chi connectivity index (χ0n) is 8.12. The maximum atomic E-state index is 11.0. The van der Waals surface area contributed by atoms with Gasteiger partial charge in [0, 0.05) is 12.8 Å². The third-order valence-electron chi connectivity index (χ3n) is 1.69. The number of hydrogen-bond donors (Lipinski definition) is 1. The van der Waals surface area contributed by atoms with Crippen molar-refractivity contribution < 1.29 is 9.53 Å². The summed E-state index contributed by atoms with van der Waals surface area (Å²) >= 11 is 0. The van der Waals surface area contributed by atoms with Gasteiger partial charge in [0.15, 0.2) is 0 Å². The number of methoxy groups -OCH3 is 1. The van der Waals surface area contributed by atoms with E-state index in [4.69, 9.17) is 4.74 Å². The lowest BCUT2D eigenvalue weighted by Crippen LogP contribution is -2.07. The van der Waals surface area contributed by atoms with Crippen LogP contribution < -0.4 is 5.32 Å². The topological polar surface area (TPSA) is 38.3 Å². The van der Waals surface area contributed by atoms with Crippen LogP contribution in [0.25, 0.3) is 0 Å². The van der Waals surface area contributed by atoms with Crippen molar-refractivity contribution in [1.29, 1.82) is 0 Å². The fourth-order valence-electron chi connectivity index (χ4n) is 1.10. The van der Waals surface area contributed by atoms with Crippen molar-refractivity contribution in [3.8, 4) is 0 Å². The maximum absolute atomic E-state index is 11.0. The molecule has 0 heterocycles. The van der Waals surface area contributed by atoms with E-state index >= 15 is 0 Å². The quantitative estimate of drug-likeness (QED) is 0.739. The van der Waals surface area contributed by atoms with Gasteiger partial charge in [-0.25, -0.2) is 0 Å². The van der Waals surface area contributed by atoms with Gasteiger partial charge in [0.05, 0.1) is 6.61 Å². The van der Waals surface area contributed by atoms with E-state index in [1.807, 2.05) is 24.3 Å². The number of hydrogen-bond acceptors (Lipinski definition) is 2. The van der Waals surface area contributed by atoms with Crippen LogP contribution in [0.15, 0.2) is 36.9 Å². The van der Waals surface area contributed by atoms with Gasteiger partial charge in [-0.05, 0) is 23.8 Å². The Morgan fingerprint density at radius 3 is 3.07 bits per heavy atom. The summed E-state index contributed by atoms with van der Waals surface area (Å²) in [5, 5.41) is 2.68. The van der Waals surface area contributed by atoms with Gasteiger partial charge in [0.1, 0.15) is 0 Å². The second-order valence-corrected chi connectivity index (χ2v) is 2.83. The van der Waals surface area contributed by atoms with Crippen LogP contribution in [0, 0.1) is 0 Å². The molecule has 1 N–H and O–H groups in total. The molecular formula is C11H13NO2. The van der Waals surface area contributed by atoms with Gasteiger partial charge in [-0.1, -0.05) is 18.7 Å². The first-order chi connectivity index (χ1) is 6.76. The minimum absolute atomic E-state index is 0.209. The Hall–Kier alpha value is -1.61. The number of carbonyl (C=O) groups excluding carboxylic acids is 1. The van der Waals surface area contributed by atoms with Crippen molar-refractivity contribution in [2.75, 3.05) is 12.4 Å². The van der Waals surface area contributed by atoms with E-state index in [1.165, 1.54) is 6.08 Å². The van der Waals surface area contributed by atoms with Gasteiger partial charge in [-0.15, -0.1) is 0 Å². The predicted octanol–water partition coefficient (Wildman–Crippen LogP) is 1.96. The molecule has 0 spiro atoms. The van der Waals surface area contributed by atoms with Crippen LogP contribution in [0.4, 0.5) is 5.69 Å². The minimum Gasteiger partial charge on any atom is -0.380 e. The first-order valence-corrected chi connectivity index (χ1v) is 4.27. The largest absolute Gasteiger partial charge is 0.380 e. The fourth-order valence-corrected chi connectivity index (χ4v) is 1.10. The van der Waals surface area contributed by atoms with Gasteiger partial charge in [0.2, 0.25) is 5.91 Å². The molecule has 14 heavy (non-hydrogen) atoms. The minimum atomic E-state index is -0.209. The Balaban J connectivity index is 2.72. The summed E-state index contributed by atoms with van der Waals surface area (Å²) in [6.45, 7) is 3.92. The zero-order chi connectivity index (χ0) is 10.4. The smallest absolute Gasteiger partial charge is 0.247 e. The van der Waals surface area contributed by atoms with Crippen molar-refractivity contribution in [2.45, 2.75) is 6.61 Å². The van der Waals surface area contributed by atoms with E-state index in [1.54, 1.807) is 7.11 Å². The molecule has 1 rings (SSSR count).